The van der Waals surface area contributed by atoms with Crippen LogP contribution in [0, 0.1) is 5.92 Å². The molecule has 120 valence electrons. The van der Waals surface area contributed by atoms with Crippen molar-refractivity contribution in [2.75, 3.05) is 20.7 Å². The van der Waals surface area contributed by atoms with Crippen molar-refractivity contribution < 1.29 is 4.74 Å². The summed E-state index contributed by atoms with van der Waals surface area (Å²) in [6.45, 7) is 11.8. The fourth-order valence-electron chi connectivity index (χ4n) is 2.24. The topological polar surface area (TPSA) is 24.5 Å². The molecule has 0 aliphatic carbocycles. The zero-order chi connectivity index (χ0) is 15.8. The molecule has 0 aliphatic rings. The van der Waals surface area contributed by atoms with Crippen molar-refractivity contribution in [1.82, 2.24) is 10.2 Å². The lowest BCUT2D eigenvalue weighted by Gasteiger charge is -2.20. The van der Waals surface area contributed by atoms with Gasteiger partial charge in [0.05, 0.1) is 7.11 Å². The second-order valence-corrected chi connectivity index (χ2v) is 6.60. The van der Waals surface area contributed by atoms with E-state index in [4.69, 9.17) is 4.74 Å². The molecule has 1 aromatic rings. The van der Waals surface area contributed by atoms with Gasteiger partial charge in [0.15, 0.2) is 0 Å². The minimum Gasteiger partial charge on any atom is -0.496 e. The zero-order valence-electron chi connectivity index (χ0n) is 14.6. The Hall–Kier alpha value is -1.06. The first-order chi connectivity index (χ1) is 9.92. The van der Waals surface area contributed by atoms with Crippen molar-refractivity contribution in [3.63, 3.8) is 0 Å². The smallest absolute Gasteiger partial charge is 0.123 e. The molecule has 0 bridgehead atoms. The van der Waals surface area contributed by atoms with Crippen molar-refractivity contribution in [1.29, 1.82) is 0 Å². The summed E-state index contributed by atoms with van der Waals surface area (Å²) in [7, 11) is 3.93. The molecule has 0 aliphatic heterocycles. The second-order valence-electron chi connectivity index (χ2n) is 6.60. The summed E-state index contributed by atoms with van der Waals surface area (Å²) in [5, 5.41) is 3.47. The zero-order valence-corrected chi connectivity index (χ0v) is 14.6. The lowest BCUT2D eigenvalue weighted by molar-refractivity contribution is 0.297. The summed E-state index contributed by atoms with van der Waals surface area (Å²) >= 11 is 0. The number of nitrogens with one attached hydrogen (secondary N) is 1. The minimum absolute atomic E-state index is 0.504. The molecule has 0 spiro atoms. The Morgan fingerprint density at radius 1 is 1.19 bits per heavy atom. The van der Waals surface area contributed by atoms with E-state index >= 15 is 0 Å². The van der Waals surface area contributed by atoms with Gasteiger partial charge in [0.1, 0.15) is 5.75 Å². The van der Waals surface area contributed by atoms with E-state index in [-0.39, 0.29) is 0 Å². The van der Waals surface area contributed by atoms with Crippen LogP contribution in [-0.2, 0) is 13.1 Å². The molecular weight excluding hydrogens is 260 g/mol. The molecule has 3 nitrogen and oxygen atoms in total. The highest BCUT2D eigenvalue weighted by Gasteiger charge is 2.08. The summed E-state index contributed by atoms with van der Waals surface area (Å²) < 4.78 is 5.51. The van der Waals surface area contributed by atoms with Crippen LogP contribution >= 0.6 is 0 Å². The fourth-order valence-corrected chi connectivity index (χ4v) is 2.24. The SMILES string of the molecule is COc1ccc(CNC(C)C)cc1CN(C)CCC(C)C. The Kier molecular flexibility index (Phi) is 7.76. The highest BCUT2D eigenvalue weighted by Crippen LogP contribution is 2.21. The standard InChI is InChI=1S/C18H32N2O/c1-14(2)9-10-20(5)13-17-11-16(12-19-15(3)4)7-8-18(17)21-6/h7-8,11,14-15,19H,9-10,12-13H2,1-6H3. The van der Waals surface area contributed by atoms with Crippen LogP contribution in [0.3, 0.4) is 0 Å². The maximum atomic E-state index is 5.51. The number of benzene rings is 1. The van der Waals surface area contributed by atoms with Crippen LogP contribution in [0.15, 0.2) is 18.2 Å². The number of nitrogens with zero attached hydrogens (tertiary/aromatic N) is 1. The van der Waals surface area contributed by atoms with Gasteiger partial charge in [0.2, 0.25) is 0 Å². The predicted octanol–water partition coefficient (Wildman–Crippen LogP) is 3.67. The number of methoxy groups -OCH3 is 1. The Bertz CT molecular complexity index is 416. The first kappa shape index (κ1) is 18.0. The quantitative estimate of drug-likeness (QED) is 0.751. The summed E-state index contributed by atoms with van der Waals surface area (Å²) in [4.78, 5) is 2.37. The summed E-state index contributed by atoms with van der Waals surface area (Å²) in [6.07, 6.45) is 1.23. The number of hydrogen-bond acceptors (Lipinski definition) is 3. The van der Waals surface area contributed by atoms with E-state index in [0.717, 1.165) is 31.3 Å². The molecule has 0 saturated carbocycles. The van der Waals surface area contributed by atoms with Crippen LogP contribution in [-0.4, -0.2) is 31.6 Å². The molecule has 0 aromatic heterocycles. The van der Waals surface area contributed by atoms with Crippen LogP contribution in [0.1, 0.15) is 45.2 Å². The van der Waals surface area contributed by atoms with Gasteiger partial charge in [-0.2, -0.15) is 0 Å². The normalized spacial score (nSPS) is 11.7. The largest absolute Gasteiger partial charge is 0.496 e. The number of rotatable bonds is 9. The average molecular weight is 292 g/mol. The molecule has 0 fully saturated rings. The molecule has 3 heteroatoms. The van der Waals surface area contributed by atoms with E-state index in [2.05, 4.69) is 63.2 Å². The Labute approximate surface area is 130 Å². The van der Waals surface area contributed by atoms with Gasteiger partial charge in [-0.05, 0) is 43.6 Å². The van der Waals surface area contributed by atoms with Crippen LogP contribution < -0.4 is 10.1 Å². The van der Waals surface area contributed by atoms with Crippen LogP contribution in [0.2, 0.25) is 0 Å². The summed E-state index contributed by atoms with van der Waals surface area (Å²) in [5.74, 6) is 1.73. The van der Waals surface area contributed by atoms with Crippen LogP contribution in [0.5, 0.6) is 5.75 Å². The van der Waals surface area contributed by atoms with Gasteiger partial charge in [-0.1, -0.05) is 33.8 Å². The van der Waals surface area contributed by atoms with Gasteiger partial charge in [-0.25, -0.2) is 0 Å². The lowest BCUT2D eigenvalue weighted by atomic mass is 10.1. The molecular formula is C18H32N2O. The highest BCUT2D eigenvalue weighted by atomic mass is 16.5. The maximum absolute atomic E-state index is 5.51. The van der Waals surface area contributed by atoms with Gasteiger partial charge in [-0.3, -0.25) is 0 Å². The first-order valence-electron chi connectivity index (χ1n) is 8.00. The van der Waals surface area contributed by atoms with Crippen LogP contribution in [0.4, 0.5) is 0 Å². The minimum atomic E-state index is 0.504. The number of ether oxygens (including phenoxy) is 1. The Morgan fingerprint density at radius 3 is 2.48 bits per heavy atom. The third-order valence-electron chi connectivity index (χ3n) is 3.59. The highest BCUT2D eigenvalue weighted by molar-refractivity contribution is 5.37. The average Bonchev–Trinajstić information content (AvgIpc) is 2.43. The van der Waals surface area contributed by atoms with Crippen molar-refractivity contribution in [3.8, 4) is 5.75 Å². The van der Waals surface area contributed by atoms with E-state index in [0.29, 0.717) is 6.04 Å². The second kappa shape index (κ2) is 9.06. The van der Waals surface area contributed by atoms with E-state index in [1.807, 2.05) is 0 Å². The van der Waals surface area contributed by atoms with Gasteiger partial charge in [0, 0.05) is 24.7 Å². The molecule has 1 rings (SSSR count). The first-order valence-corrected chi connectivity index (χ1v) is 8.00. The third-order valence-corrected chi connectivity index (χ3v) is 3.59. The molecule has 0 radical (unpaired) electrons. The lowest BCUT2D eigenvalue weighted by Crippen LogP contribution is -2.23. The predicted molar refractivity (Wildman–Crippen MR) is 90.8 cm³/mol. The van der Waals surface area contributed by atoms with Crippen molar-refractivity contribution >= 4 is 0 Å². The Morgan fingerprint density at radius 2 is 1.90 bits per heavy atom. The third kappa shape index (κ3) is 6.96. The van der Waals surface area contributed by atoms with Crippen molar-refractivity contribution in [3.05, 3.63) is 29.3 Å². The molecule has 0 atom stereocenters. The fraction of sp³-hybridized carbons (Fsp3) is 0.667. The maximum Gasteiger partial charge on any atom is 0.123 e. The number of hydrogen-bond donors (Lipinski definition) is 1. The van der Waals surface area contributed by atoms with Gasteiger partial charge >= 0.3 is 0 Å². The van der Waals surface area contributed by atoms with Gasteiger partial charge in [-0.15, -0.1) is 0 Å². The van der Waals surface area contributed by atoms with Gasteiger partial charge < -0.3 is 15.0 Å². The molecule has 0 heterocycles. The van der Waals surface area contributed by atoms with Crippen LogP contribution in [0.25, 0.3) is 0 Å². The Balaban J connectivity index is 2.70. The summed E-state index contributed by atoms with van der Waals surface area (Å²) in [5.41, 5.74) is 2.59. The van der Waals surface area contributed by atoms with E-state index < -0.39 is 0 Å². The molecule has 0 saturated heterocycles. The summed E-state index contributed by atoms with van der Waals surface area (Å²) in [6, 6.07) is 7.00. The van der Waals surface area contributed by atoms with Crippen molar-refractivity contribution in [2.45, 2.75) is 53.2 Å². The van der Waals surface area contributed by atoms with E-state index in [1.54, 1.807) is 7.11 Å². The van der Waals surface area contributed by atoms with Crippen molar-refractivity contribution in [2.24, 2.45) is 5.92 Å². The molecule has 1 N–H and O–H groups in total. The van der Waals surface area contributed by atoms with E-state index in [1.165, 1.54) is 17.5 Å². The van der Waals surface area contributed by atoms with E-state index in [9.17, 15) is 0 Å². The molecule has 21 heavy (non-hydrogen) atoms. The molecule has 0 amide bonds. The monoisotopic (exact) mass is 292 g/mol. The molecule has 0 unspecified atom stereocenters. The molecule has 1 aromatic carbocycles. The van der Waals surface area contributed by atoms with Gasteiger partial charge in [0.25, 0.3) is 0 Å².